The molecule has 0 bridgehead atoms. The van der Waals surface area contributed by atoms with E-state index in [9.17, 15) is 0 Å². The highest BCUT2D eigenvalue weighted by Gasteiger charge is 2.09. The van der Waals surface area contributed by atoms with Gasteiger partial charge in [0.05, 0.1) is 18.5 Å². The third-order valence-corrected chi connectivity index (χ3v) is 3.01. The summed E-state index contributed by atoms with van der Waals surface area (Å²) in [5, 5.41) is 7.63. The van der Waals surface area contributed by atoms with Crippen LogP contribution in [0.1, 0.15) is 30.9 Å². The number of furan rings is 1. The van der Waals surface area contributed by atoms with Gasteiger partial charge >= 0.3 is 0 Å². The minimum atomic E-state index is 0.494. The lowest BCUT2D eigenvalue weighted by atomic mass is 10.2. The number of nitrogens with zero attached hydrogens (tertiary/aromatic N) is 2. The monoisotopic (exact) mass is 277 g/mol. The van der Waals surface area contributed by atoms with E-state index in [0.717, 1.165) is 36.0 Å². The second kappa shape index (κ2) is 6.61. The molecule has 2 aromatic heterocycles. The molecule has 0 radical (unpaired) electrons. The predicted octanol–water partition coefficient (Wildman–Crippen LogP) is 2.65. The minimum absolute atomic E-state index is 0.494. The number of ether oxygens (including phenoxy) is 1. The van der Waals surface area contributed by atoms with E-state index < -0.39 is 0 Å². The van der Waals surface area contributed by atoms with Gasteiger partial charge in [0.15, 0.2) is 0 Å². The van der Waals surface area contributed by atoms with Crippen molar-refractivity contribution in [3.8, 4) is 5.88 Å². The van der Waals surface area contributed by atoms with Gasteiger partial charge in [0.2, 0.25) is 5.88 Å². The summed E-state index contributed by atoms with van der Waals surface area (Å²) in [5.74, 6) is 2.33. The van der Waals surface area contributed by atoms with Gasteiger partial charge in [-0.05, 0) is 25.5 Å². The normalized spacial score (nSPS) is 11.2. The maximum atomic E-state index is 5.78. The van der Waals surface area contributed by atoms with Crippen LogP contribution < -0.4 is 10.1 Å². The molecule has 2 heterocycles. The Kier molecular flexibility index (Phi) is 4.84. The second-order valence-electron chi connectivity index (χ2n) is 5.43. The van der Waals surface area contributed by atoms with Crippen LogP contribution in [-0.2, 0) is 20.2 Å². The fraction of sp³-hybridized carbons (Fsp3) is 0.533. The first-order valence-corrected chi connectivity index (χ1v) is 6.95. The van der Waals surface area contributed by atoms with Crippen molar-refractivity contribution in [2.24, 2.45) is 13.0 Å². The number of hydrogen-bond acceptors (Lipinski definition) is 4. The molecule has 0 spiro atoms. The number of rotatable bonds is 7. The first-order chi connectivity index (χ1) is 9.56. The Labute approximate surface area is 119 Å². The van der Waals surface area contributed by atoms with Crippen LogP contribution in [0.2, 0.25) is 0 Å². The van der Waals surface area contributed by atoms with Crippen LogP contribution >= 0.6 is 0 Å². The SMILES string of the molecule is Cc1cc(OCc2ccoc2CNCC(C)C)n(C)n1. The zero-order valence-corrected chi connectivity index (χ0v) is 12.6. The highest BCUT2D eigenvalue weighted by atomic mass is 16.5. The third-order valence-electron chi connectivity index (χ3n) is 3.01. The van der Waals surface area contributed by atoms with E-state index in [1.54, 1.807) is 10.9 Å². The Morgan fingerprint density at radius 3 is 2.90 bits per heavy atom. The molecule has 20 heavy (non-hydrogen) atoms. The van der Waals surface area contributed by atoms with Gasteiger partial charge in [0.25, 0.3) is 0 Å². The fourth-order valence-electron chi connectivity index (χ4n) is 2.00. The van der Waals surface area contributed by atoms with Crippen molar-refractivity contribution in [1.82, 2.24) is 15.1 Å². The zero-order valence-electron chi connectivity index (χ0n) is 12.6. The Morgan fingerprint density at radius 2 is 2.25 bits per heavy atom. The fourth-order valence-corrected chi connectivity index (χ4v) is 2.00. The average Bonchev–Trinajstić information content (AvgIpc) is 2.93. The quantitative estimate of drug-likeness (QED) is 0.845. The molecule has 0 atom stereocenters. The third kappa shape index (κ3) is 3.87. The molecule has 0 aliphatic rings. The molecule has 2 rings (SSSR count). The van der Waals surface area contributed by atoms with Gasteiger partial charge < -0.3 is 14.5 Å². The molecule has 0 saturated heterocycles. The first kappa shape index (κ1) is 14.7. The Morgan fingerprint density at radius 1 is 1.45 bits per heavy atom. The molecule has 2 aromatic rings. The Balaban J connectivity index is 1.90. The van der Waals surface area contributed by atoms with E-state index in [2.05, 4.69) is 24.3 Å². The van der Waals surface area contributed by atoms with Gasteiger partial charge in [-0.15, -0.1) is 0 Å². The van der Waals surface area contributed by atoms with E-state index >= 15 is 0 Å². The Hall–Kier alpha value is -1.75. The highest BCUT2D eigenvalue weighted by Crippen LogP contribution is 2.16. The van der Waals surface area contributed by atoms with Crippen molar-refractivity contribution in [2.45, 2.75) is 33.9 Å². The number of aromatic nitrogens is 2. The summed E-state index contributed by atoms with van der Waals surface area (Å²) in [4.78, 5) is 0. The smallest absolute Gasteiger partial charge is 0.212 e. The molecule has 110 valence electrons. The van der Waals surface area contributed by atoms with Crippen molar-refractivity contribution in [3.63, 3.8) is 0 Å². The lowest BCUT2D eigenvalue weighted by Gasteiger charge is -2.08. The second-order valence-corrected chi connectivity index (χ2v) is 5.43. The van der Waals surface area contributed by atoms with E-state index in [4.69, 9.17) is 9.15 Å². The molecule has 0 aliphatic heterocycles. The lowest BCUT2D eigenvalue weighted by molar-refractivity contribution is 0.275. The van der Waals surface area contributed by atoms with Crippen molar-refractivity contribution < 1.29 is 9.15 Å². The molecule has 0 fully saturated rings. The first-order valence-electron chi connectivity index (χ1n) is 6.95. The molecule has 0 saturated carbocycles. The summed E-state index contributed by atoms with van der Waals surface area (Å²) in [5.41, 5.74) is 2.02. The number of nitrogens with one attached hydrogen (secondary N) is 1. The zero-order chi connectivity index (χ0) is 14.5. The maximum absolute atomic E-state index is 5.78. The summed E-state index contributed by atoms with van der Waals surface area (Å²) >= 11 is 0. The highest BCUT2D eigenvalue weighted by molar-refractivity contribution is 5.19. The van der Waals surface area contributed by atoms with E-state index in [1.165, 1.54) is 0 Å². The topological polar surface area (TPSA) is 52.2 Å². The molecule has 0 aliphatic carbocycles. The molecular weight excluding hydrogens is 254 g/mol. The van der Waals surface area contributed by atoms with Gasteiger partial charge in [0, 0.05) is 18.7 Å². The van der Waals surface area contributed by atoms with Gasteiger partial charge in [-0.2, -0.15) is 5.10 Å². The molecule has 5 nitrogen and oxygen atoms in total. The summed E-state index contributed by atoms with van der Waals surface area (Å²) in [6.07, 6.45) is 1.71. The summed E-state index contributed by atoms with van der Waals surface area (Å²) in [6.45, 7) is 8.52. The molecule has 0 aromatic carbocycles. The van der Waals surface area contributed by atoms with Crippen molar-refractivity contribution in [3.05, 3.63) is 35.4 Å². The van der Waals surface area contributed by atoms with Crippen molar-refractivity contribution in [1.29, 1.82) is 0 Å². The summed E-state index contributed by atoms with van der Waals surface area (Å²) in [7, 11) is 1.88. The van der Waals surface area contributed by atoms with Crippen LogP contribution in [0.4, 0.5) is 0 Å². The van der Waals surface area contributed by atoms with Crippen molar-refractivity contribution in [2.75, 3.05) is 6.54 Å². The molecule has 1 N–H and O–H groups in total. The predicted molar refractivity (Wildman–Crippen MR) is 77.5 cm³/mol. The van der Waals surface area contributed by atoms with Crippen LogP contribution in [0.3, 0.4) is 0 Å². The van der Waals surface area contributed by atoms with E-state index in [0.29, 0.717) is 12.5 Å². The molecule has 0 unspecified atom stereocenters. The van der Waals surface area contributed by atoms with Crippen LogP contribution in [0.15, 0.2) is 22.8 Å². The molecule has 0 amide bonds. The summed E-state index contributed by atoms with van der Waals surface area (Å²) in [6, 6.07) is 3.88. The average molecular weight is 277 g/mol. The van der Waals surface area contributed by atoms with Crippen molar-refractivity contribution >= 4 is 0 Å². The van der Waals surface area contributed by atoms with E-state index in [1.807, 2.05) is 26.1 Å². The van der Waals surface area contributed by atoms with Gasteiger partial charge in [-0.1, -0.05) is 13.8 Å². The van der Waals surface area contributed by atoms with Crippen LogP contribution in [0.25, 0.3) is 0 Å². The van der Waals surface area contributed by atoms with Gasteiger partial charge in [-0.3, -0.25) is 0 Å². The van der Waals surface area contributed by atoms with Crippen LogP contribution in [0.5, 0.6) is 5.88 Å². The Bertz CT molecular complexity index is 543. The van der Waals surface area contributed by atoms with Gasteiger partial charge in [-0.25, -0.2) is 4.68 Å². The largest absolute Gasteiger partial charge is 0.473 e. The number of hydrogen-bond donors (Lipinski definition) is 1. The van der Waals surface area contributed by atoms with E-state index in [-0.39, 0.29) is 0 Å². The number of aryl methyl sites for hydroxylation is 2. The standard InChI is InChI=1S/C15H23N3O2/c1-11(2)8-16-9-14-13(5-6-19-14)10-20-15-7-12(3)17-18(15)4/h5-7,11,16H,8-10H2,1-4H3. The summed E-state index contributed by atoms with van der Waals surface area (Å²) < 4.78 is 13.0. The lowest BCUT2D eigenvalue weighted by Crippen LogP contribution is -2.19. The maximum Gasteiger partial charge on any atom is 0.212 e. The van der Waals surface area contributed by atoms with Gasteiger partial charge in [0.1, 0.15) is 12.4 Å². The van der Waals surface area contributed by atoms with Crippen LogP contribution in [0, 0.1) is 12.8 Å². The molecule has 5 heteroatoms. The van der Waals surface area contributed by atoms with Crippen LogP contribution in [-0.4, -0.2) is 16.3 Å². The minimum Gasteiger partial charge on any atom is -0.473 e. The molecular formula is C15H23N3O2.